The van der Waals surface area contributed by atoms with Crippen LogP contribution < -0.4 is 9.62 Å². The van der Waals surface area contributed by atoms with Gasteiger partial charge in [0.05, 0.1) is 36.9 Å². The van der Waals surface area contributed by atoms with Gasteiger partial charge in [-0.3, -0.25) is 0 Å². The number of ether oxygens (including phenoxy) is 1. The van der Waals surface area contributed by atoms with E-state index in [1.54, 1.807) is 6.07 Å². The molecule has 3 aromatic heterocycles. The Kier molecular flexibility index (Phi) is 5.81. The van der Waals surface area contributed by atoms with Gasteiger partial charge in [0.25, 0.3) is 6.43 Å². The lowest BCUT2D eigenvalue weighted by Crippen LogP contribution is -2.52. The summed E-state index contributed by atoms with van der Waals surface area (Å²) in [6.07, 6.45) is 0.942. The van der Waals surface area contributed by atoms with E-state index < -0.39 is 16.4 Å². The molecule has 4 heterocycles. The zero-order valence-corrected chi connectivity index (χ0v) is 17.6. The molecular weight excluding hydrogens is 432 g/mol. The molecule has 1 N–H and O–H groups in total. The summed E-state index contributed by atoms with van der Waals surface area (Å²) < 4.78 is 58.4. The maximum absolute atomic E-state index is 13.1. The van der Waals surface area contributed by atoms with Crippen molar-refractivity contribution in [1.29, 1.82) is 0 Å². The van der Waals surface area contributed by atoms with E-state index in [1.165, 1.54) is 29.2 Å². The molecule has 0 spiro atoms. The van der Waals surface area contributed by atoms with E-state index in [0.717, 1.165) is 6.26 Å². The highest BCUT2D eigenvalue weighted by atomic mass is 32.2. The number of imidazole rings is 1. The largest absolute Gasteiger partial charge is 0.373 e. The van der Waals surface area contributed by atoms with Gasteiger partial charge in [-0.15, -0.1) is 0 Å². The molecule has 1 saturated heterocycles. The molecule has 0 aliphatic carbocycles. The molecule has 0 aromatic carbocycles. The molecule has 1 aliphatic rings. The van der Waals surface area contributed by atoms with Gasteiger partial charge < -0.3 is 9.64 Å². The van der Waals surface area contributed by atoms with Crippen LogP contribution in [0.25, 0.3) is 17.0 Å². The smallest absolute Gasteiger partial charge is 0.282 e. The van der Waals surface area contributed by atoms with E-state index in [4.69, 9.17) is 4.74 Å². The van der Waals surface area contributed by atoms with Crippen LogP contribution in [0.4, 0.5) is 14.6 Å². The number of nitrogens with one attached hydrogen (secondary N) is 1. The SMILES string of the molecule is CC1COC(CNS(C)(=O)=O)CN1c1cc(-c2cnc3ccc(C(F)F)nn23)ncn1. The Bertz CT molecular complexity index is 1190. The van der Waals surface area contributed by atoms with Gasteiger partial charge in [-0.1, -0.05) is 0 Å². The average Bonchev–Trinajstić information content (AvgIpc) is 3.16. The summed E-state index contributed by atoms with van der Waals surface area (Å²) in [4.78, 5) is 14.8. The van der Waals surface area contributed by atoms with Crippen LogP contribution in [-0.4, -0.2) is 71.1 Å². The summed E-state index contributed by atoms with van der Waals surface area (Å²) in [5.41, 5.74) is 0.994. The summed E-state index contributed by atoms with van der Waals surface area (Å²) in [7, 11) is -3.33. The first-order valence-electron chi connectivity index (χ1n) is 9.49. The molecular formula is C18H21F2N7O3S. The molecule has 1 aliphatic heterocycles. The van der Waals surface area contributed by atoms with E-state index in [9.17, 15) is 17.2 Å². The zero-order valence-electron chi connectivity index (χ0n) is 16.8. The highest BCUT2D eigenvalue weighted by Gasteiger charge is 2.28. The van der Waals surface area contributed by atoms with Crippen LogP contribution in [0.15, 0.2) is 30.7 Å². The number of sulfonamides is 1. The predicted molar refractivity (Wildman–Crippen MR) is 108 cm³/mol. The van der Waals surface area contributed by atoms with Gasteiger partial charge in [0, 0.05) is 19.2 Å². The number of morpholine rings is 1. The van der Waals surface area contributed by atoms with Gasteiger partial charge in [0.15, 0.2) is 5.65 Å². The zero-order chi connectivity index (χ0) is 22.2. The fourth-order valence-electron chi connectivity index (χ4n) is 3.33. The van der Waals surface area contributed by atoms with Gasteiger partial charge >= 0.3 is 0 Å². The van der Waals surface area contributed by atoms with Crippen molar-refractivity contribution in [2.75, 3.05) is 30.9 Å². The minimum Gasteiger partial charge on any atom is -0.373 e. The second-order valence-electron chi connectivity index (χ2n) is 7.31. The Morgan fingerprint density at radius 3 is 2.84 bits per heavy atom. The molecule has 3 aromatic rings. The summed E-state index contributed by atoms with van der Waals surface area (Å²) >= 11 is 0. The van der Waals surface area contributed by atoms with Crippen molar-refractivity contribution in [3.63, 3.8) is 0 Å². The standard InChI is InChI=1S/C18H21F2N7O3S/c1-11-9-30-12(6-24-31(2,28)29)8-26(11)17-5-14(22-10-23-17)15-7-21-16-4-3-13(18(19)20)25-27(15)16/h3-5,7,10-12,18,24H,6,8-9H2,1-2H3. The van der Waals surface area contributed by atoms with Gasteiger partial charge in [-0.05, 0) is 19.1 Å². The molecule has 2 unspecified atom stereocenters. The Labute approximate surface area is 177 Å². The molecule has 31 heavy (non-hydrogen) atoms. The summed E-state index contributed by atoms with van der Waals surface area (Å²) in [6, 6.07) is 4.43. The third-order valence-corrected chi connectivity index (χ3v) is 5.59. The number of aromatic nitrogens is 5. The Morgan fingerprint density at radius 1 is 1.29 bits per heavy atom. The highest BCUT2D eigenvalue weighted by Crippen LogP contribution is 2.25. The lowest BCUT2D eigenvalue weighted by Gasteiger charge is -2.38. The van der Waals surface area contributed by atoms with Crippen LogP contribution in [0.5, 0.6) is 0 Å². The second kappa shape index (κ2) is 8.40. The van der Waals surface area contributed by atoms with Crippen molar-refractivity contribution >= 4 is 21.5 Å². The Morgan fingerprint density at radius 2 is 2.10 bits per heavy atom. The number of alkyl halides is 2. The molecule has 1 fully saturated rings. The number of hydrogen-bond acceptors (Lipinski definition) is 8. The van der Waals surface area contributed by atoms with Crippen molar-refractivity contribution in [3.05, 3.63) is 36.4 Å². The van der Waals surface area contributed by atoms with Gasteiger partial charge in [0.1, 0.15) is 23.5 Å². The molecule has 10 nitrogen and oxygen atoms in total. The minimum absolute atomic E-state index is 0.0111. The monoisotopic (exact) mass is 453 g/mol. The van der Waals surface area contributed by atoms with Crippen molar-refractivity contribution in [2.45, 2.75) is 25.5 Å². The lowest BCUT2D eigenvalue weighted by molar-refractivity contribution is 0.0259. The summed E-state index contributed by atoms with van der Waals surface area (Å²) in [5, 5.41) is 3.97. The maximum Gasteiger partial charge on any atom is 0.282 e. The molecule has 0 amide bonds. The lowest BCUT2D eigenvalue weighted by atomic mass is 10.2. The van der Waals surface area contributed by atoms with Crippen LogP contribution in [0.3, 0.4) is 0 Å². The fourth-order valence-corrected chi connectivity index (χ4v) is 3.82. The minimum atomic E-state index is -3.33. The number of nitrogens with zero attached hydrogens (tertiary/aromatic N) is 6. The van der Waals surface area contributed by atoms with Gasteiger partial charge in [-0.25, -0.2) is 41.4 Å². The van der Waals surface area contributed by atoms with Crippen molar-refractivity contribution in [1.82, 2.24) is 29.3 Å². The van der Waals surface area contributed by atoms with E-state index >= 15 is 0 Å². The predicted octanol–water partition coefficient (Wildman–Crippen LogP) is 1.27. The van der Waals surface area contributed by atoms with Crippen molar-refractivity contribution in [2.24, 2.45) is 0 Å². The van der Waals surface area contributed by atoms with Crippen LogP contribution in [0, 0.1) is 0 Å². The molecule has 4 rings (SSSR count). The van der Waals surface area contributed by atoms with E-state index in [2.05, 4.69) is 24.8 Å². The molecule has 2 atom stereocenters. The molecule has 0 saturated carbocycles. The molecule has 166 valence electrons. The maximum atomic E-state index is 13.1. The number of hydrogen-bond donors (Lipinski definition) is 1. The normalized spacial score (nSPS) is 20.0. The quantitative estimate of drug-likeness (QED) is 0.594. The third kappa shape index (κ3) is 4.78. The first kappa shape index (κ1) is 21.5. The average molecular weight is 453 g/mol. The Balaban J connectivity index is 1.62. The van der Waals surface area contributed by atoms with Gasteiger partial charge in [0.2, 0.25) is 10.0 Å². The first-order valence-corrected chi connectivity index (χ1v) is 11.4. The van der Waals surface area contributed by atoms with E-state index in [0.29, 0.717) is 36.0 Å². The number of rotatable bonds is 6. The van der Waals surface area contributed by atoms with Crippen LogP contribution in [0.2, 0.25) is 0 Å². The van der Waals surface area contributed by atoms with E-state index in [1.807, 2.05) is 11.8 Å². The molecule has 13 heteroatoms. The molecule has 0 bridgehead atoms. The highest BCUT2D eigenvalue weighted by molar-refractivity contribution is 7.88. The number of fused-ring (bicyclic) bond motifs is 1. The van der Waals surface area contributed by atoms with Gasteiger partial charge in [-0.2, -0.15) is 5.10 Å². The third-order valence-electron chi connectivity index (χ3n) is 4.89. The van der Waals surface area contributed by atoms with Crippen LogP contribution >= 0.6 is 0 Å². The molecule has 0 radical (unpaired) electrons. The second-order valence-corrected chi connectivity index (χ2v) is 9.14. The van der Waals surface area contributed by atoms with Crippen molar-refractivity contribution < 1.29 is 21.9 Å². The number of halogens is 2. The summed E-state index contributed by atoms with van der Waals surface area (Å²) in [5.74, 6) is 0.602. The first-order chi connectivity index (χ1) is 14.7. The fraction of sp³-hybridized carbons (Fsp3) is 0.444. The van der Waals surface area contributed by atoms with Crippen LogP contribution in [-0.2, 0) is 14.8 Å². The van der Waals surface area contributed by atoms with Crippen molar-refractivity contribution in [3.8, 4) is 11.4 Å². The topological polar surface area (TPSA) is 115 Å². The Hall–Kier alpha value is -2.77. The number of anilines is 1. The summed E-state index contributed by atoms with van der Waals surface area (Å²) in [6.45, 7) is 2.92. The van der Waals surface area contributed by atoms with E-state index in [-0.39, 0.29) is 24.4 Å². The van der Waals surface area contributed by atoms with Crippen LogP contribution in [0.1, 0.15) is 19.0 Å².